The zero-order chi connectivity index (χ0) is 19.1. The maximum absolute atomic E-state index is 5.77. The summed E-state index contributed by atoms with van der Waals surface area (Å²) >= 11 is 7.56. The van der Waals surface area contributed by atoms with Crippen LogP contribution in [0.3, 0.4) is 0 Å². The van der Waals surface area contributed by atoms with Crippen molar-refractivity contribution in [1.29, 1.82) is 0 Å². The van der Waals surface area contributed by atoms with Crippen LogP contribution in [0.2, 0.25) is 0 Å². The Kier molecular flexibility index (Phi) is 7.64. The molecule has 3 rings (SSSR count). The molecule has 1 fully saturated rings. The monoisotopic (exact) mass is 403 g/mol. The molecule has 0 bridgehead atoms. The van der Waals surface area contributed by atoms with Gasteiger partial charge in [0.1, 0.15) is 0 Å². The molecule has 0 aliphatic carbocycles. The molecule has 0 unspecified atom stereocenters. The van der Waals surface area contributed by atoms with Crippen molar-refractivity contribution in [1.82, 2.24) is 9.80 Å². The first-order valence-corrected chi connectivity index (χ1v) is 10.9. The fraction of sp³-hybridized carbons (Fsp3) is 0.476. The minimum atomic E-state index is 0.801. The number of rotatable bonds is 7. The number of hydrogen-bond acceptors (Lipinski definition) is 4. The zero-order valence-corrected chi connectivity index (χ0v) is 17.9. The van der Waals surface area contributed by atoms with E-state index in [-0.39, 0.29) is 0 Å². The van der Waals surface area contributed by atoms with Crippen LogP contribution >= 0.6 is 23.6 Å². The van der Waals surface area contributed by atoms with Crippen LogP contribution in [0.5, 0.6) is 0 Å². The summed E-state index contributed by atoms with van der Waals surface area (Å²) in [6.45, 7) is 10.9. The Morgan fingerprint density at radius 3 is 2.63 bits per heavy atom. The molecule has 0 radical (unpaired) electrons. The smallest absolute Gasteiger partial charge is 0.173 e. The summed E-state index contributed by atoms with van der Waals surface area (Å²) in [7, 11) is 0. The molecule has 4 nitrogen and oxygen atoms in total. The maximum atomic E-state index is 5.77. The lowest BCUT2D eigenvalue weighted by molar-refractivity contribution is 0.0368. The predicted molar refractivity (Wildman–Crippen MR) is 119 cm³/mol. The van der Waals surface area contributed by atoms with Gasteiger partial charge in [0.25, 0.3) is 0 Å². The molecule has 146 valence electrons. The van der Waals surface area contributed by atoms with Crippen molar-refractivity contribution in [3.05, 3.63) is 51.7 Å². The fourth-order valence-corrected chi connectivity index (χ4v) is 4.40. The molecule has 1 aromatic carbocycles. The topological polar surface area (TPSA) is 27.7 Å². The van der Waals surface area contributed by atoms with Crippen LogP contribution in [-0.4, -0.2) is 54.3 Å². The summed E-state index contributed by atoms with van der Waals surface area (Å²) in [6, 6.07) is 10.8. The summed E-state index contributed by atoms with van der Waals surface area (Å²) in [5, 5.41) is 6.38. The highest BCUT2D eigenvalue weighted by atomic mass is 32.1. The number of nitrogens with zero attached hydrogens (tertiary/aromatic N) is 2. The number of thiophene rings is 1. The maximum Gasteiger partial charge on any atom is 0.173 e. The Bertz CT molecular complexity index is 707. The molecule has 0 saturated carbocycles. The van der Waals surface area contributed by atoms with Gasteiger partial charge in [0.2, 0.25) is 0 Å². The Balaban J connectivity index is 1.60. The third kappa shape index (κ3) is 6.57. The quantitative estimate of drug-likeness (QED) is 0.697. The summed E-state index contributed by atoms with van der Waals surface area (Å²) in [5.41, 5.74) is 3.57. The molecule has 2 aromatic rings. The highest BCUT2D eigenvalue weighted by Crippen LogP contribution is 2.17. The molecule has 0 atom stereocenters. The Morgan fingerprint density at radius 1 is 1.22 bits per heavy atom. The van der Waals surface area contributed by atoms with Crippen molar-refractivity contribution in [2.24, 2.45) is 0 Å². The molecular formula is C21H29N3OS2. The van der Waals surface area contributed by atoms with Crippen molar-refractivity contribution < 1.29 is 4.74 Å². The lowest BCUT2D eigenvalue weighted by Gasteiger charge is -2.29. The standard InChI is InChI=1S/C21H29N3OS2/c1-17-13-18(2)15-19(14-17)22-21(26)24(16-20-5-3-12-27-20)7-4-6-23-8-10-25-11-9-23/h3,5,12-15H,4,6-11,16H2,1-2H3,(H,22,26). The van der Waals surface area contributed by atoms with E-state index in [0.717, 1.165) is 63.2 Å². The van der Waals surface area contributed by atoms with E-state index in [1.807, 2.05) is 0 Å². The van der Waals surface area contributed by atoms with Gasteiger partial charge in [0.05, 0.1) is 19.8 Å². The van der Waals surface area contributed by atoms with Gasteiger partial charge < -0.3 is 15.0 Å². The van der Waals surface area contributed by atoms with Crippen LogP contribution < -0.4 is 5.32 Å². The van der Waals surface area contributed by atoms with Crippen molar-refractivity contribution in [2.45, 2.75) is 26.8 Å². The van der Waals surface area contributed by atoms with E-state index in [1.165, 1.54) is 16.0 Å². The summed E-state index contributed by atoms with van der Waals surface area (Å²) in [4.78, 5) is 6.11. The van der Waals surface area contributed by atoms with Crippen LogP contribution in [0.1, 0.15) is 22.4 Å². The van der Waals surface area contributed by atoms with Gasteiger partial charge in [0, 0.05) is 36.7 Å². The second kappa shape index (κ2) is 10.2. The average molecular weight is 404 g/mol. The highest BCUT2D eigenvalue weighted by molar-refractivity contribution is 7.80. The van der Waals surface area contributed by atoms with E-state index in [4.69, 9.17) is 17.0 Å². The van der Waals surface area contributed by atoms with Crippen LogP contribution in [0, 0.1) is 13.8 Å². The molecule has 6 heteroatoms. The van der Waals surface area contributed by atoms with Gasteiger partial charge in [-0.05, 0) is 67.2 Å². The van der Waals surface area contributed by atoms with E-state index in [9.17, 15) is 0 Å². The molecule has 2 heterocycles. The molecule has 27 heavy (non-hydrogen) atoms. The van der Waals surface area contributed by atoms with E-state index in [1.54, 1.807) is 11.3 Å². The van der Waals surface area contributed by atoms with Gasteiger partial charge in [-0.15, -0.1) is 11.3 Å². The number of aryl methyl sites for hydroxylation is 2. The molecule has 0 amide bonds. The molecule has 1 N–H and O–H groups in total. The van der Waals surface area contributed by atoms with Gasteiger partial charge in [-0.3, -0.25) is 4.90 Å². The van der Waals surface area contributed by atoms with Crippen molar-refractivity contribution in [2.75, 3.05) is 44.7 Å². The largest absolute Gasteiger partial charge is 0.379 e. The van der Waals surface area contributed by atoms with Crippen molar-refractivity contribution >= 4 is 34.4 Å². The lowest BCUT2D eigenvalue weighted by Crippen LogP contribution is -2.39. The fourth-order valence-electron chi connectivity index (χ4n) is 3.40. The van der Waals surface area contributed by atoms with E-state index in [0.29, 0.717) is 0 Å². The first-order valence-electron chi connectivity index (χ1n) is 9.57. The number of thiocarbonyl (C=S) groups is 1. The van der Waals surface area contributed by atoms with Gasteiger partial charge in [-0.1, -0.05) is 12.1 Å². The van der Waals surface area contributed by atoms with Gasteiger partial charge >= 0.3 is 0 Å². The normalized spacial score (nSPS) is 14.9. The zero-order valence-electron chi connectivity index (χ0n) is 16.2. The van der Waals surface area contributed by atoms with Crippen LogP contribution in [-0.2, 0) is 11.3 Å². The number of anilines is 1. The second-order valence-electron chi connectivity index (χ2n) is 7.12. The SMILES string of the molecule is Cc1cc(C)cc(NC(=S)N(CCCN2CCOCC2)Cc2cccs2)c1. The van der Waals surface area contributed by atoms with E-state index < -0.39 is 0 Å². The van der Waals surface area contributed by atoms with E-state index >= 15 is 0 Å². The van der Waals surface area contributed by atoms with Crippen LogP contribution in [0.25, 0.3) is 0 Å². The summed E-state index contributed by atoms with van der Waals surface area (Å²) in [5.74, 6) is 0. The molecule has 0 spiro atoms. The lowest BCUT2D eigenvalue weighted by atomic mass is 10.1. The second-order valence-corrected chi connectivity index (χ2v) is 8.53. The first-order chi connectivity index (χ1) is 13.1. The van der Waals surface area contributed by atoms with Gasteiger partial charge in [-0.2, -0.15) is 0 Å². The highest BCUT2D eigenvalue weighted by Gasteiger charge is 2.14. The number of nitrogens with one attached hydrogen (secondary N) is 1. The van der Waals surface area contributed by atoms with E-state index in [2.05, 4.69) is 64.7 Å². The third-order valence-electron chi connectivity index (χ3n) is 4.69. The van der Waals surface area contributed by atoms with Gasteiger partial charge in [0.15, 0.2) is 5.11 Å². The Labute approximate surface area is 172 Å². The minimum Gasteiger partial charge on any atom is -0.379 e. The predicted octanol–water partition coefficient (Wildman–Crippen LogP) is 4.29. The Hall–Kier alpha value is -1.47. The number of benzene rings is 1. The van der Waals surface area contributed by atoms with Crippen molar-refractivity contribution in [3.8, 4) is 0 Å². The first kappa shape index (κ1) is 20.3. The molecule has 1 aromatic heterocycles. The third-order valence-corrected chi connectivity index (χ3v) is 5.91. The molecule has 1 aliphatic rings. The summed E-state index contributed by atoms with van der Waals surface area (Å²) in [6.07, 6.45) is 1.10. The minimum absolute atomic E-state index is 0.801. The van der Waals surface area contributed by atoms with Crippen LogP contribution in [0.15, 0.2) is 35.7 Å². The van der Waals surface area contributed by atoms with Crippen LogP contribution in [0.4, 0.5) is 5.69 Å². The Morgan fingerprint density at radius 2 is 1.96 bits per heavy atom. The molecule has 1 saturated heterocycles. The molecule has 1 aliphatic heterocycles. The van der Waals surface area contributed by atoms with Crippen molar-refractivity contribution in [3.63, 3.8) is 0 Å². The number of ether oxygens (including phenoxy) is 1. The average Bonchev–Trinajstić information content (AvgIpc) is 3.14. The summed E-state index contributed by atoms with van der Waals surface area (Å²) < 4.78 is 5.44. The number of hydrogen-bond donors (Lipinski definition) is 1. The van der Waals surface area contributed by atoms with Gasteiger partial charge in [-0.25, -0.2) is 0 Å². The number of morpholine rings is 1. The molecular weight excluding hydrogens is 374 g/mol.